The SMILES string of the molecule is O=C(O)c1cc(C(=O)O)cc(-c2ccc([C@@H]3[C@@H](c4ccccn4)NC(=S)N3CCO)o2)c1. The molecule has 0 spiro atoms. The number of nitrogens with zero attached hydrogens (tertiary/aromatic N) is 2. The van der Waals surface area contributed by atoms with Crippen molar-refractivity contribution < 1.29 is 29.3 Å². The number of hydrogen-bond donors (Lipinski definition) is 4. The number of carbonyl (C=O) groups is 2. The minimum atomic E-state index is -1.24. The first-order valence-electron chi connectivity index (χ1n) is 9.69. The summed E-state index contributed by atoms with van der Waals surface area (Å²) >= 11 is 5.46. The Bertz CT molecular complexity index is 1150. The van der Waals surface area contributed by atoms with Gasteiger partial charge in [0.25, 0.3) is 0 Å². The molecule has 1 aliphatic heterocycles. The molecule has 0 bridgehead atoms. The second-order valence-electron chi connectivity index (χ2n) is 7.15. The average Bonchev–Trinajstić information content (AvgIpc) is 3.39. The van der Waals surface area contributed by atoms with Gasteiger partial charge >= 0.3 is 11.9 Å². The van der Waals surface area contributed by atoms with Crippen LogP contribution in [0.3, 0.4) is 0 Å². The molecular formula is C22H19N3O6S. The first-order valence-corrected chi connectivity index (χ1v) is 10.1. The van der Waals surface area contributed by atoms with Crippen LogP contribution in [0.4, 0.5) is 0 Å². The number of furan rings is 1. The highest BCUT2D eigenvalue weighted by atomic mass is 32.1. The number of aliphatic hydroxyl groups excluding tert-OH is 1. The summed E-state index contributed by atoms with van der Waals surface area (Å²) in [5, 5.41) is 31.9. The van der Waals surface area contributed by atoms with Crippen molar-refractivity contribution in [2.75, 3.05) is 13.2 Å². The zero-order chi connectivity index (χ0) is 22.8. The molecule has 0 amide bonds. The molecule has 32 heavy (non-hydrogen) atoms. The van der Waals surface area contributed by atoms with Crippen LogP contribution in [0.2, 0.25) is 0 Å². The second-order valence-corrected chi connectivity index (χ2v) is 7.54. The van der Waals surface area contributed by atoms with Crippen molar-refractivity contribution in [2.24, 2.45) is 0 Å². The number of aromatic nitrogens is 1. The van der Waals surface area contributed by atoms with E-state index in [0.29, 0.717) is 22.2 Å². The average molecular weight is 453 g/mol. The third-order valence-electron chi connectivity index (χ3n) is 5.17. The Balaban J connectivity index is 1.76. The van der Waals surface area contributed by atoms with Gasteiger partial charge in [-0.3, -0.25) is 4.98 Å². The molecule has 1 aromatic carbocycles. The van der Waals surface area contributed by atoms with Gasteiger partial charge in [0.2, 0.25) is 0 Å². The molecule has 4 rings (SSSR count). The fourth-order valence-corrected chi connectivity index (χ4v) is 4.08. The van der Waals surface area contributed by atoms with E-state index in [4.69, 9.17) is 16.6 Å². The summed E-state index contributed by atoms with van der Waals surface area (Å²) in [6.45, 7) is 0.150. The first kappa shape index (κ1) is 21.5. The van der Waals surface area contributed by atoms with Gasteiger partial charge in [0, 0.05) is 18.3 Å². The van der Waals surface area contributed by atoms with Gasteiger partial charge in [-0.1, -0.05) is 6.07 Å². The minimum Gasteiger partial charge on any atom is -0.478 e. The third kappa shape index (κ3) is 4.05. The summed E-state index contributed by atoms with van der Waals surface area (Å²) in [5.41, 5.74) is 0.745. The molecule has 0 saturated carbocycles. The molecule has 0 aliphatic carbocycles. The topological polar surface area (TPSA) is 136 Å². The maximum Gasteiger partial charge on any atom is 0.335 e. The van der Waals surface area contributed by atoms with Crippen LogP contribution in [0.1, 0.15) is 44.3 Å². The molecule has 0 unspecified atom stereocenters. The van der Waals surface area contributed by atoms with Gasteiger partial charge in [-0.25, -0.2) is 9.59 Å². The Kier molecular flexibility index (Phi) is 5.89. The van der Waals surface area contributed by atoms with Crippen LogP contribution >= 0.6 is 12.2 Å². The fraction of sp³-hybridized carbons (Fsp3) is 0.182. The number of hydrogen-bond acceptors (Lipinski definition) is 6. The molecule has 0 radical (unpaired) electrons. The van der Waals surface area contributed by atoms with Gasteiger partial charge in [-0.05, 0) is 54.7 Å². The lowest BCUT2D eigenvalue weighted by atomic mass is 10.0. The number of thiocarbonyl (C=S) groups is 1. The Hall–Kier alpha value is -3.76. The smallest absolute Gasteiger partial charge is 0.335 e. The van der Waals surface area contributed by atoms with Crippen molar-refractivity contribution in [2.45, 2.75) is 12.1 Å². The van der Waals surface area contributed by atoms with Gasteiger partial charge in [0.15, 0.2) is 5.11 Å². The highest BCUT2D eigenvalue weighted by Crippen LogP contribution is 2.40. The van der Waals surface area contributed by atoms with E-state index in [1.54, 1.807) is 29.3 Å². The van der Waals surface area contributed by atoms with E-state index < -0.39 is 18.0 Å². The summed E-state index contributed by atoms with van der Waals surface area (Å²) in [7, 11) is 0. The van der Waals surface area contributed by atoms with Crippen LogP contribution in [0.15, 0.2) is 59.1 Å². The van der Waals surface area contributed by atoms with E-state index >= 15 is 0 Å². The van der Waals surface area contributed by atoms with Crippen LogP contribution < -0.4 is 5.32 Å². The predicted octanol–water partition coefficient (Wildman–Crippen LogP) is 2.70. The number of rotatable bonds is 7. The maximum atomic E-state index is 11.4. The largest absolute Gasteiger partial charge is 0.478 e. The van der Waals surface area contributed by atoms with Crippen molar-refractivity contribution >= 4 is 29.3 Å². The summed E-state index contributed by atoms with van der Waals surface area (Å²) in [4.78, 5) is 29.1. The van der Waals surface area contributed by atoms with Gasteiger partial charge in [0.1, 0.15) is 17.6 Å². The number of β-amino-alcohol motifs (C(OH)–C–C–N with tert-alkyl or cyclic N) is 1. The summed E-state index contributed by atoms with van der Waals surface area (Å²) in [5.74, 6) is -1.66. The van der Waals surface area contributed by atoms with E-state index in [2.05, 4.69) is 10.3 Å². The molecule has 2 atom stereocenters. The number of pyridine rings is 1. The van der Waals surface area contributed by atoms with Crippen LogP contribution in [-0.2, 0) is 0 Å². The molecule has 9 nitrogen and oxygen atoms in total. The maximum absolute atomic E-state index is 11.4. The molecule has 4 N–H and O–H groups in total. The van der Waals surface area contributed by atoms with Gasteiger partial charge in [-0.15, -0.1) is 0 Å². The molecular weight excluding hydrogens is 434 g/mol. The number of nitrogens with one attached hydrogen (secondary N) is 1. The van der Waals surface area contributed by atoms with Crippen LogP contribution in [0, 0.1) is 0 Å². The summed E-state index contributed by atoms with van der Waals surface area (Å²) in [6.07, 6.45) is 1.67. The number of carboxylic acids is 2. The quantitative estimate of drug-likeness (QED) is 0.395. The zero-order valence-corrected chi connectivity index (χ0v) is 17.5. The summed E-state index contributed by atoms with van der Waals surface area (Å²) < 4.78 is 6.06. The number of benzene rings is 1. The van der Waals surface area contributed by atoms with E-state index in [1.807, 2.05) is 12.1 Å². The standard InChI is InChI=1S/C22H19N3O6S/c26-8-7-25-19(18(24-22(25)32)15-3-1-2-6-23-15)17-5-4-16(31-17)12-9-13(20(27)28)11-14(10-12)21(29)30/h1-6,9-11,18-19,26H,7-8H2,(H,24,32)(H,27,28)(H,29,30)/t18-,19-/m1/s1. The molecule has 3 aromatic rings. The highest BCUT2D eigenvalue weighted by molar-refractivity contribution is 7.80. The first-order chi connectivity index (χ1) is 15.4. The van der Waals surface area contributed by atoms with Gasteiger partial charge in [-0.2, -0.15) is 0 Å². The van der Waals surface area contributed by atoms with Crippen molar-refractivity contribution in [3.05, 3.63) is 77.3 Å². The van der Waals surface area contributed by atoms with E-state index in [1.165, 1.54) is 12.1 Å². The van der Waals surface area contributed by atoms with E-state index in [0.717, 1.165) is 11.8 Å². The predicted molar refractivity (Wildman–Crippen MR) is 117 cm³/mol. The Labute approximate surface area is 187 Å². The van der Waals surface area contributed by atoms with Crippen molar-refractivity contribution in [1.29, 1.82) is 0 Å². The fourth-order valence-electron chi connectivity index (χ4n) is 3.75. The number of aliphatic hydroxyl groups is 1. The molecule has 164 valence electrons. The minimum absolute atomic E-state index is 0.122. The van der Waals surface area contributed by atoms with E-state index in [-0.39, 0.29) is 30.3 Å². The molecule has 10 heteroatoms. The lowest BCUT2D eigenvalue weighted by molar-refractivity contribution is 0.0696. The third-order valence-corrected chi connectivity index (χ3v) is 5.52. The number of carboxylic acid groups (broad SMARTS) is 2. The molecule has 1 fully saturated rings. The molecule has 2 aromatic heterocycles. The van der Waals surface area contributed by atoms with E-state index in [9.17, 15) is 24.9 Å². The van der Waals surface area contributed by atoms with Crippen molar-refractivity contribution in [3.8, 4) is 11.3 Å². The van der Waals surface area contributed by atoms with Gasteiger partial charge in [0.05, 0.1) is 29.5 Å². The van der Waals surface area contributed by atoms with Crippen molar-refractivity contribution in [3.63, 3.8) is 0 Å². The molecule has 1 aliphatic rings. The lowest BCUT2D eigenvalue weighted by Crippen LogP contribution is -2.32. The molecule has 1 saturated heterocycles. The lowest BCUT2D eigenvalue weighted by Gasteiger charge is -2.25. The zero-order valence-electron chi connectivity index (χ0n) is 16.6. The highest BCUT2D eigenvalue weighted by Gasteiger charge is 2.41. The second kappa shape index (κ2) is 8.77. The van der Waals surface area contributed by atoms with Crippen molar-refractivity contribution in [1.82, 2.24) is 15.2 Å². The Morgan fingerprint density at radius 1 is 1.09 bits per heavy atom. The number of aromatic carboxylic acids is 2. The Morgan fingerprint density at radius 2 is 1.81 bits per heavy atom. The molecule has 3 heterocycles. The Morgan fingerprint density at radius 3 is 2.41 bits per heavy atom. The van der Waals surface area contributed by atoms with Gasteiger partial charge < -0.3 is 30.0 Å². The van der Waals surface area contributed by atoms with Crippen LogP contribution in [0.5, 0.6) is 0 Å². The van der Waals surface area contributed by atoms with Crippen LogP contribution in [0.25, 0.3) is 11.3 Å². The van der Waals surface area contributed by atoms with Crippen LogP contribution in [-0.4, -0.2) is 55.4 Å². The normalized spacial score (nSPS) is 17.9. The monoisotopic (exact) mass is 453 g/mol. The summed E-state index contributed by atoms with van der Waals surface area (Å²) in [6, 6.07) is 11.9.